The van der Waals surface area contributed by atoms with Crippen LogP contribution in [0.5, 0.6) is 0 Å². The molecule has 1 aromatic carbocycles. The first kappa shape index (κ1) is 18.7. The number of alkyl carbamates (subject to hydrolysis) is 1. The Bertz CT molecular complexity index is 516. The molecule has 2 rings (SSSR count). The van der Waals surface area contributed by atoms with E-state index in [0.29, 0.717) is 13.1 Å². The van der Waals surface area contributed by atoms with Crippen LogP contribution in [-0.2, 0) is 16.0 Å². The second kappa shape index (κ2) is 8.46. The molecule has 1 amide bonds. The van der Waals surface area contributed by atoms with Crippen LogP contribution in [0.1, 0.15) is 26.3 Å². The molecule has 1 fully saturated rings. The molecule has 1 heterocycles. The maximum atomic E-state index is 11.8. The fraction of sp³-hybridized carbons (Fsp3) is 0.611. The van der Waals surface area contributed by atoms with Gasteiger partial charge in [-0.15, -0.1) is 0 Å². The zero-order valence-electron chi connectivity index (χ0n) is 14.8. The number of hydrogen-bond acceptors (Lipinski definition) is 5. The van der Waals surface area contributed by atoms with Crippen molar-refractivity contribution in [3.8, 4) is 0 Å². The SMILES string of the molecule is CC(C)(C)OC(=O)NCC1CN(Cc2ccccc2)CC(CN)O1. The Labute approximate surface area is 144 Å². The fourth-order valence-electron chi connectivity index (χ4n) is 2.73. The third-order valence-electron chi connectivity index (χ3n) is 3.69. The first-order valence-corrected chi connectivity index (χ1v) is 8.44. The van der Waals surface area contributed by atoms with E-state index in [1.807, 2.05) is 39.0 Å². The number of carbonyl (C=O) groups is 1. The maximum absolute atomic E-state index is 11.8. The van der Waals surface area contributed by atoms with E-state index in [1.165, 1.54) is 5.56 Å². The molecule has 0 aromatic heterocycles. The summed E-state index contributed by atoms with van der Waals surface area (Å²) in [6.45, 7) is 8.81. The Balaban J connectivity index is 1.86. The van der Waals surface area contributed by atoms with Crippen LogP contribution in [0.4, 0.5) is 4.79 Å². The van der Waals surface area contributed by atoms with Crippen molar-refractivity contribution < 1.29 is 14.3 Å². The summed E-state index contributed by atoms with van der Waals surface area (Å²) in [6.07, 6.45) is -0.535. The Hall–Kier alpha value is -1.63. The van der Waals surface area contributed by atoms with E-state index in [2.05, 4.69) is 22.3 Å². The molecule has 3 N–H and O–H groups in total. The van der Waals surface area contributed by atoms with E-state index < -0.39 is 11.7 Å². The minimum absolute atomic E-state index is 0.0205. The van der Waals surface area contributed by atoms with E-state index in [4.69, 9.17) is 15.2 Å². The van der Waals surface area contributed by atoms with Crippen molar-refractivity contribution in [1.82, 2.24) is 10.2 Å². The zero-order valence-corrected chi connectivity index (χ0v) is 14.8. The number of nitrogens with zero attached hydrogens (tertiary/aromatic N) is 1. The quantitative estimate of drug-likeness (QED) is 0.857. The third-order valence-corrected chi connectivity index (χ3v) is 3.69. The van der Waals surface area contributed by atoms with Crippen LogP contribution >= 0.6 is 0 Å². The van der Waals surface area contributed by atoms with E-state index in [-0.39, 0.29) is 12.2 Å². The van der Waals surface area contributed by atoms with E-state index in [9.17, 15) is 4.79 Å². The summed E-state index contributed by atoms with van der Waals surface area (Å²) < 4.78 is 11.2. The summed E-state index contributed by atoms with van der Waals surface area (Å²) in [5.41, 5.74) is 6.55. The highest BCUT2D eigenvalue weighted by atomic mass is 16.6. The molecule has 134 valence electrons. The summed E-state index contributed by atoms with van der Waals surface area (Å²) in [7, 11) is 0. The van der Waals surface area contributed by atoms with Crippen LogP contribution in [0.2, 0.25) is 0 Å². The molecule has 0 saturated carbocycles. The lowest BCUT2D eigenvalue weighted by Crippen LogP contribution is -2.53. The molecule has 0 bridgehead atoms. The van der Waals surface area contributed by atoms with Gasteiger partial charge in [0, 0.05) is 32.7 Å². The Kier molecular flexibility index (Phi) is 6.60. The monoisotopic (exact) mass is 335 g/mol. The summed E-state index contributed by atoms with van der Waals surface area (Å²) in [4.78, 5) is 14.1. The molecular weight excluding hydrogens is 306 g/mol. The molecule has 1 saturated heterocycles. The predicted molar refractivity (Wildman–Crippen MR) is 93.7 cm³/mol. The molecule has 6 heteroatoms. The van der Waals surface area contributed by atoms with Crippen LogP contribution in [0.15, 0.2) is 30.3 Å². The third kappa shape index (κ3) is 6.47. The number of hydrogen-bond donors (Lipinski definition) is 2. The van der Waals surface area contributed by atoms with E-state index in [0.717, 1.165) is 19.6 Å². The van der Waals surface area contributed by atoms with Crippen molar-refractivity contribution in [2.24, 2.45) is 5.73 Å². The van der Waals surface area contributed by atoms with Gasteiger partial charge in [-0.1, -0.05) is 30.3 Å². The molecule has 1 aromatic rings. The zero-order chi connectivity index (χ0) is 17.6. The van der Waals surface area contributed by atoms with Crippen LogP contribution in [0.3, 0.4) is 0 Å². The molecule has 6 nitrogen and oxygen atoms in total. The van der Waals surface area contributed by atoms with Gasteiger partial charge in [-0.3, -0.25) is 4.90 Å². The molecule has 1 aliphatic heterocycles. The molecule has 0 radical (unpaired) electrons. The van der Waals surface area contributed by atoms with E-state index in [1.54, 1.807) is 0 Å². The van der Waals surface area contributed by atoms with Gasteiger partial charge >= 0.3 is 6.09 Å². The van der Waals surface area contributed by atoms with Crippen LogP contribution < -0.4 is 11.1 Å². The highest BCUT2D eigenvalue weighted by Crippen LogP contribution is 2.14. The van der Waals surface area contributed by atoms with Gasteiger partial charge in [0.2, 0.25) is 0 Å². The smallest absolute Gasteiger partial charge is 0.407 e. The highest BCUT2D eigenvalue weighted by molar-refractivity contribution is 5.67. The topological polar surface area (TPSA) is 76.8 Å². The van der Waals surface area contributed by atoms with Crippen molar-refractivity contribution in [2.75, 3.05) is 26.2 Å². The lowest BCUT2D eigenvalue weighted by molar-refractivity contribution is -0.0816. The van der Waals surface area contributed by atoms with Crippen molar-refractivity contribution in [3.05, 3.63) is 35.9 Å². The van der Waals surface area contributed by atoms with Crippen molar-refractivity contribution in [2.45, 2.75) is 45.1 Å². The first-order valence-electron chi connectivity index (χ1n) is 8.44. The Morgan fingerprint density at radius 2 is 1.96 bits per heavy atom. The molecule has 2 atom stereocenters. The first-order chi connectivity index (χ1) is 11.4. The largest absolute Gasteiger partial charge is 0.444 e. The van der Waals surface area contributed by atoms with Crippen LogP contribution in [0.25, 0.3) is 0 Å². The average Bonchev–Trinajstić information content (AvgIpc) is 2.52. The minimum atomic E-state index is -0.503. The number of morpholine rings is 1. The van der Waals surface area contributed by atoms with Gasteiger partial charge < -0.3 is 20.5 Å². The number of nitrogens with two attached hydrogens (primary N) is 1. The summed E-state index contributed by atoms with van der Waals surface area (Å²) >= 11 is 0. The average molecular weight is 335 g/mol. The predicted octanol–water partition coefficient (Wildman–Crippen LogP) is 1.74. The lowest BCUT2D eigenvalue weighted by Gasteiger charge is -2.38. The standard InChI is InChI=1S/C18H29N3O3/c1-18(2,3)24-17(22)20-10-16-13-21(12-15(9-19)23-16)11-14-7-5-4-6-8-14/h4-8,15-16H,9-13,19H2,1-3H3,(H,20,22). The Morgan fingerprint density at radius 1 is 1.29 bits per heavy atom. The van der Waals surface area contributed by atoms with Crippen molar-refractivity contribution in [1.29, 1.82) is 0 Å². The van der Waals surface area contributed by atoms with Crippen LogP contribution in [-0.4, -0.2) is 55.0 Å². The van der Waals surface area contributed by atoms with Gasteiger partial charge in [0.25, 0.3) is 0 Å². The summed E-state index contributed by atoms with van der Waals surface area (Å²) in [5.74, 6) is 0. The summed E-state index contributed by atoms with van der Waals surface area (Å²) in [5, 5.41) is 2.78. The fourth-order valence-corrected chi connectivity index (χ4v) is 2.73. The highest BCUT2D eigenvalue weighted by Gasteiger charge is 2.28. The number of rotatable bonds is 5. The number of benzene rings is 1. The van der Waals surface area contributed by atoms with Gasteiger partial charge in [-0.05, 0) is 26.3 Å². The maximum Gasteiger partial charge on any atom is 0.407 e. The van der Waals surface area contributed by atoms with Gasteiger partial charge in [0.05, 0.1) is 12.2 Å². The molecule has 0 spiro atoms. The molecule has 1 aliphatic rings. The number of nitrogens with one attached hydrogen (secondary N) is 1. The second-order valence-corrected chi connectivity index (χ2v) is 7.18. The second-order valence-electron chi connectivity index (χ2n) is 7.18. The molecular formula is C18H29N3O3. The molecule has 24 heavy (non-hydrogen) atoms. The normalized spacial score (nSPS) is 22.2. The van der Waals surface area contributed by atoms with Gasteiger partial charge in [-0.2, -0.15) is 0 Å². The number of amides is 1. The van der Waals surface area contributed by atoms with Crippen molar-refractivity contribution >= 4 is 6.09 Å². The number of carbonyl (C=O) groups excluding carboxylic acids is 1. The van der Waals surface area contributed by atoms with Gasteiger partial charge in [0.15, 0.2) is 0 Å². The molecule has 0 aliphatic carbocycles. The van der Waals surface area contributed by atoms with Crippen LogP contribution in [0, 0.1) is 0 Å². The van der Waals surface area contributed by atoms with E-state index >= 15 is 0 Å². The Morgan fingerprint density at radius 3 is 2.58 bits per heavy atom. The molecule has 2 unspecified atom stereocenters. The minimum Gasteiger partial charge on any atom is -0.444 e. The number of ether oxygens (including phenoxy) is 2. The van der Waals surface area contributed by atoms with Gasteiger partial charge in [0.1, 0.15) is 5.60 Å². The van der Waals surface area contributed by atoms with Gasteiger partial charge in [-0.25, -0.2) is 4.79 Å². The lowest BCUT2D eigenvalue weighted by atomic mass is 10.1. The summed E-state index contributed by atoms with van der Waals surface area (Å²) in [6, 6.07) is 10.3. The van der Waals surface area contributed by atoms with Crippen molar-refractivity contribution in [3.63, 3.8) is 0 Å².